The first-order chi connectivity index (χ1) is 10.6. The highest BCUT2D eigenvalue weighted by atomic mass is 32.1. The molecule has 0 aliphatic heterocycles. The molecule has 1 atom stereocenters. The summed E-state index contributed by atoms with van der Waals surface area (Å²) in [5, 5.41) is 2.16. The minimum atomic E-state index is 0.323. The zero-order chi connectivity index (χ0) is 15.7. The van der Waals surface area contributed by atoms with E-state index in [1.165, 1.54) is 10.4 Å². The predicted molar refractivity (Wildman–Crippen MR) is 90.2 cm³/mol. The van der Waals surface area contributed by atoms with Crippen molar-refractivity contribution in [1.82, 2.24) is 14.5 Å². The fourth-order valence-electron chi connectivity index (χ4n) is 2.63. The van der Waals surface area contributed by atoms with Crippen LogP contribution in [0.5, 0.6) is 0 Å². The maximum atomic E-state index is 5.73. The lowest BCUT2D eigenvalue weighted by molar-refractivity contribution is 0.272. The minimum Gasteiger partial charge on any atom is -0.458 e. The van der Waals surface area contributed by atoms with Crippen LogP contribution < -0.4 is 0 Å². The van der Waals surface area contributed by atoms with Crippen LogP contribution in [0.4, 0.5) is 0 Å². The molecule has 0 saturated heterocycles. The van der Waals surface area contributed by atoms with Gasteiger partial charge in [0.25, 0.3) is 0 Å². The Labute approximate surface area is 135 Å². The number of aromatic nitrogens is 2. The molecular formula is C17H21N3OS. The third kappa shape index (κ3) is 2.87. The van der Waals surface area contributed by atoms with Crippen molar-refractivity contribution < 1.29 is 4.42 Å². The number of thiophene rings is 1. The minimum absolute atomic E-state index is 0.323. The Morgan fingerprint density at radius 1 is 1.27 bits per heavy atom. The van der Waals surface area contributed by atoms with Crippen LogP contribution in [-0.2, 0) is 6.54 Å². The summed E-state index contributed by atoms with van der Waals surface area (Å²) < 4.78 is 7.90. The molecule has 0 fully saturated rings. The molecule has 0 saturated carbocycles. The van der Waals surface area contributed by atoms with Crippen LogP contribution >= 0.6 is 11.3 Å². The van der Waals surface area contributed by atoms with Gasteiger partial charge in [-0.15, -0.1) is 11.3 Å². The van der Waals surface area contributed by atoms with Crippen molar-refractivity contribution in [1.29, 1.82) is 0 Å². The Balaban J connectivity index is 1.92. The highest BCUT2D eigenvalue weighted by molar-refractivity contribution is 7.10. The summed E-state index contributed by atoms with van der Waals surface area (Å²) in [6, 6.07) is 6.46. The quantitative estimate of drug-likeness (QED) is 0.710. The van der Waals surface area contributed by atoms with Crippen LogP contribution in [0.25, 0.3) is 11.6 Å². The summed E-state index contributed by atoms with van der Waals surface area (Å²) in [6.07, 6.45) is 3.85. The van der Waals surface area contributed by atoms with Gasteiger partial charge in [-0.25, -0.2) is 4.98 Å². The number of hydrogen-bond acceptors (Lipinski definition) is 4. The largest absolute Gasteiger partial charge is 0.458 e. The molecule has 0 aliphatic carbocycles. The second kappa shape index (κ2) is 6.10. The molecule has 0 amide bonds. The smallest absolute Gasteiger partial charge is 0.176 e. The summed E-state index contributed by atoms with van der Waals surface area (Å²) in [5.74, 6) is 2.61. The first kappa shape index (κ1) is 15.1. The third-order valence-electron chi connectivity index (χ3n) is 3.87. The van der Waals surface area contributed by atoms with Crippen molar-refractivity contribution in [3.05, 3.63) is 52.2 Å². The van der Waals surface area contributed by atoms with Gasteiger partial charge >= 0.3 is 0 Å². The van der Waals surface area contributed by atoms with E-state index in [1.54, 1.807) is 0 Å². The monoisotopic (exact) mass is 315 g/mol. The molecule has 0 aromatic carbocycles. The van der Waals surface area contributed by atoms with E-state index in [1.807, 2.05) is 42.8 Å². The lowest BCUT2D eigenvalue weighted by Gasteiger charge is -2.25. The number of hydrogen-bond donors (Lipinski definition) is 0. The Morgan fingerprint density at radius 2 is 2.09 bits per heavy atom. The van der Waals surface area contributed by atoms with E-state index in [-0.39, 0.29) is 0 Å². The lowest BCUT2D eigenvalue weighted by atomic mass is 10.1. The number of aryl methyl sites for hydroxylation is 2. The summed E-state index contributed by atoms with van der Waals surface area (Å²) in [6.45, 7) is 4.98. The Hall–Kier alpha value is -1.85. The average Bonchev–Trinajstić information content (AvgIpc) is 3.17. The van der Waals surface area contributed by atoms with Crippen molar-refractivity contribution in [3.8, 4) is 11.6 Å². The van der Waals surface area contributed by atoms with E-state index in [0.29, 0.717) is 6.04 Å². The second-order valence-electron chi connectivity index (χ2n) is 5.76. The molecule has 0 aliphatic rings. The molecule has 4 nitrogen and oxygen atoms in total. The Kier molecular flexibility index (Phi) is 4.18. The van der Waals surface area contributed by atoms with Gasteiger partial charge in [-0.3, -0.25) is 0 Å². The Bertz CT molecular complexity index is 753. The van der Waals surface area contributed by atoms with Crippen molar-refractivity contribution in [3.63, 3.8) is 0 Å². The van der Waals surface area contributed by atoms with Crippen molar-refractivity contribution in [2.75, 3.05) is 14.1 Å². The van der Waals surface area contributed by atoms with Crippen molar-refractivity contribution >= 4 is 11.3 Å². The number of furan rings is 1. The van der Waals surface area contributed by atoms with Gasteiger partial charge in [0.2, 0.25) is 0 Å². The highest BCUT2D eigenvalue weighted by Crippen LogP contribution is 2.30. The summed E-state index contributed by atoms with van der Waals surface area (Å²) in [5.41, 5.74) is 1.35. The molecule has 3 rings (SSSR count). The van der Waals surface area contributed by atoms with Crippen LogP contribution in [-0.4, -0.2) is 28.5 Å². The normalized spacial score (nSPS) is 13.0. The van der Waals surface area contributed by atoms with Gasteiger partial charge in [0.15, 0.2) is 11.6 Å². The molecule has 5 heteroatoms. The molecule has 22 heavy (non-hydrogen) atoms. The van der Waals surface area contributed by atoms with Gasteiger partial charge in [-0.2, -0.15) is 0 Å². The molecule has 0 radical (unpaired) electrons. The van der Waals surface area contributed by atoms with Crippen LogP contribution in [0.1, 0.15) is 22.2 Å². The predicted octanol–water partition coefficient (Wildman–Crippen LogP) is 4.12. The zero-order valence-corrected chi connectivity index (χ0v) is 14.2. The molecule has 3 heterocycles. The maximum Gasteiger partial charge on any atom is 0.176 e. The number of likely N-dealkylation sites (N-methyl/N-ethyl adjacent to an activating group) is 1. The molecular weight excluding hydrogens is 294 g/mol. The van der Waals surface area contributed by atoms with Gasteiger partial charge in [0.1, 0.15) is 5.76 Å². The standard InChI is InChI=1S/C17H21N3OS/c1-12-7-10-22-16(12)14(19(3)4)11-20-9-8-18-17(20)15-6-5-13(2)21-15/h5-10,14H,11H2,1-4H3/t14-/m1/s1. The Morgan fingerprint density at radius 3 is 2.68 bits per heavy atom. The van der Waals surface area contributed by atoms with E-state index >= 15 is 0 Å². The van der Waals surface area contributed by atoms with Gasteiger partial charge in [0.05, 0.1) is 6.04 Å². The number of imidazole rings is 1. The first-order valence-electron chi connectivity index (χ1n) is 7.34. The van der Waals surface area contributed by atoms with E-state index in [0.717, 1.165) is 23.9 Å². The molecule has 0 N–H and O–H groups in total. The molecule has 3 aromatic heterocycles. The topological polar surface area (TPSA) is 34.2 Å². The lowest BCUT2D eigenvalue weighted by Crippen LogP contribution is -2.24. The summed E-state index contributed by atoms with van der Waals surface area (Å²) in [4.78, 5) is 8.13. The molecule has 0 unspecified atom stereocenters. The maximum absolute atomic E-state index is 5.73. The van der Waals surface area contributed by atoms with Crippen LogP contribution in [0.3, 0.4) is 0 Å². The zero-order valence-electron chi connectivity index (χ0n) is 13.4. The van der Waals surface area contributed by atoms with E-state index < -0.39 is 0 Å². The van der Waals surface area contributed by atoms with Gasteiger partial charge in [-0.1, -0.05) is 0 Å². The molecule has 116 valence electrons. The fraction of sp³-hybridized carbons (Fsp3) is 0.353. The highest BCUT2D eigenvalue weighted by Gasteiger charge is 2.20. The van der Waals surface area contributed by atoms with Gasteiger partial charge in [-0.05, 0) is 57.1 Å². The van der Waals surface area contributed by atoms with Crippen LogP contribution in [0.15, 0.2) is 40.4 Å². The van der Waals surface area contributed by atoms with Crippen LogP contribution in [0.2, 0.25) is 0 Å². The average molecular weight is 315 g/mol. The van der Waals surface area contributed by atoms with E-state index in [4.69, 9.17) is 4.42 Å². The van der Waals surface area contributed by atoms with E-state index in [2.05, 4.69) is 46.9 Å². The first-order valence-corrected chi connectivity index (χ1v) is 8.22. The third-order valence-corrected chi connectivity index (χ3v) is 4.99. The molecule has 0 bridgehead atoms. The summed E-state index contributed by atoms with van der Waals surface area (Å²) in [7, 11) is 4.24. The number of rotatable bonds is 5. The second-order valence-corrected chi connectivity index (χ2v) is 6.71. The van der Waals surface area contributed by atoms with Crippen LogP contribution in [0, 0.1) is 13.8 Å². The molecule has 0 spiro atoms. The van der Waals surface area contributed by atoms with Gasteiger partial charge < -0.3 is 13.9 Å². The number of nitrogens with zero attached hydrogens (tertiary/aromatic N) is 3. The molecule has 3 aromatic rings. The summed E-state index contributed by atoms with van der Waals surface area (Å²) >= 11 is 1.81. The fourth-order valence-corrected chi connectivity index (χ4v) is 3.74. The SMILES string of the molecule is Cc1ccc(-c2nccn2C[C@H](c2sccc2C)N(C)C)o1. The van der Waals surface area contributed by atoms with Gasteiger partial charge in [0, 0.05) is 23.8 Å². The van der Waals surface area contributed by atoms with Crippen molar-refractivity contribution in [2.45, 2.75) is 26.4 Å². The van der Waals surface area contributed by atoms with Crippen molar-refractivity contribution in [2.24, 2.45) is 0 Å². The van der Waals surface area contributed by atoms with E-state index in [9.17, 15) is 0 Å².